The van der Waals surface area contributed by atoms with E-state index in [-0.39, 0.29) is 28.7 Å². The van der Waals surface area contributed by atoms with Crippen molar-refractivity contribution in [3.63, 3.8) is 0 Å². The molecule has 1 N–H and O–H groups in total. The number of carbonyl (C=O) groups is 1. The van der Waals surface area contributed by atoms with Crippen LogP contribution < -0.4 is 9.47 Å². The fourth-order valence-electron chi connectivity index (χ4n) is 1.12. The summed E-state index contributed by atoms with van der Waals surface area (Å²) >= 11 is 5.80. The van der Waals surface area contributed by atoms with Crippen LogP contribution in [-0.2, 0) is 0 Å². The van der Waals surface area contributed by atoms with Gasteiger partial charge in [0, 0.05) is 0 Å². The Morgan fingerprint density at radius 3 is 2.75 bits per heavy atom. The molecule has 0 saturated carbocycles. The molecular formula is C10H10ClFO4. The molecular weight excluding hydrogens is 239 g/mol. The van der Waals surface area contributed by atoms with Crippen molar-refractivity contribution in [3.8, 4) is 11.5 Å². The van der Waals surface area contributed by atoms with E-state index in [1.54, 1.807) is 0 Å². The van der Waals surface area contributed by atoms with Gasteiger partial charge in [0.1, 0.15) is 13.3 Å². The molecule has 0 amide bonds. The van der Waals surface area contributed by atoms with Crippen LogP contribution in [0.1, 0.15) is 10.4 Å². The van der Waals surface area contributed by atoms with E-state index in [0.717, 1.165) is 0 Å². The van der Waals surface area contributed by atoms with Crippen LogP contribution in [0.4, 0.5) is 4.39 Å². The molecule has 1 rings (SSSR count). The summed E-state index contributed by atoms with van der Waals surface area (Å²) in [6.45, 7) is -0.831. The van der Waals surface area contributed by atoms with Crippen LogP contribution in [0.2, 0.25) is 5.02 Å². The first-order chi connectivity index (χ1) is 7.60. The molecule has 1 aromatic rings. The molecule has 0 saturated heterocycles. The Hall–Kier alpha value is -1.49. The van der Waals surface area contributed by atoms with E-state index in [9.17, 15) is 9.18 Å². The zero-order valence-electron chi connectivity index (χ0n) is 8.50. The molecule has 4 nitrogen and oxygen atoms in total. The van der Waals surface area contributed by atoms with Crippen LogP contribution in [0.25, 0.3) is 0 Å². The van der Waals surface area contributed by atoms with Crippen molar-refractivity contribution in [2.75, 3.05) is 20.4 Å². The van der Waals surface area contributed by atoms with E-state index in [1.807, 2.05) is 0 Å². The Labute approximate surface area is 96.5 Å². The summed E-state index contributed by atoms with van der Waals surface area (Å²) < 4.78 is 21.9. The average Bonchev–Trinajstić information content (AvgIpc) is 2.26. The lowest BCUT2D eigenvalue weighted by Gasteiger charge is -2.11. The van der Waals surface area contributed by atoms with Crippen LogP contribution in [0, 0.1) is 0 Å². The number of carboxylic acids is 1. The number of ether oxygens (including phenoxy) is 2. The Bertz CT molecular complexity index is 395. The van der Waals surface area contributed by atoms with E-state index < -0.39 is 12.6 Å². The van der Waals surface area contributed by atoms with Crippen molar-refractivity contribution >= 4 is 17.6 Å². The van der Waals surface area contributed by atoms with Gasteiger partial charge in [0.2, 0.25) is 0 Å². The van der Waals surface area contributed by atoms with Crippen LogP contribution in [0.5, 0.6) is 11.5 Å². The van der Waals surface area contributed by atoms with Crippen molar-refractivity contribution in [3.05, 3.63) is 22.7 Å². The smallest absolute Gasteiger partial charge is 0.335 e. The first-order valence-electron chi connectivity index (χ1n) is 4.39. The van der Waals surface area contributed by atoms with Gasteiger partial charge < -0.3 is 14.6 Å². The molecule has 0 aliphatic rings. The lowest BCUT2D eigenvalue weighted by molar-refractivity contribution is 0.0696. The second-order valence-electron chi connectivity index (χ2n) is 2.83. The number of aromatic carboxylic acids is 1. The quantitative estimate of drug-likeness (QED) is 0.869. The number of carboxylic acid groups (broad SMARTS) is 1. The molecule has 0 spiro atoms. The maximum absolute atomic E-state index is 12.0. The number of hydrogen-bond donors (Lipinski definition) is 1. The number of hydrogen-bond acceptors (Lipinski definition) is 3. The summed E-state index contributed by atoms with van der Waals surface area (Å²) in [5, 5.41) is 8.86. The molecule has 6 heteroatoms. The number of halogens is 2. The molecule has 0 aliphatic heterocycles. The zero-order chi connectivity index (χ0) is 12.1. The highest BCUT2D eigenvalue weighted by Crippen LogP contribution is 2.36. The normalized spacial score (nSPS) is 9.94. The Morgan fingerprint density at radius 2 is 2.25 bits per heavy atom. The molecule has 16 heavy (non-hydrogen) atoms. The maximum Gasteiger partial charge on any atom is 0.335 e. The molecule has 0 atom stereocenters. The van der Waals surface area contributed by atoms with Gasteiger partial charge in [0.05, 0.1) is 17.7 Å². The van der Waals surface area contributed by atoms with E-state index in [0.29, 0.717) is 0 Å². The summed E-state index contributed by atoms with van der Waals surface area (Å²) in [6, 6.07) is 2.49. The topological polar surface area (TPSA) is 55.8 Å². The number of rotatable bonds is 5. The number of benzene rings is 1. The van der Waals surface area contributed by atoms with Crippen molar-refractivity contribution in [1.82, 2.24) is 0 Å². The minimum absolute atomic E-state index is 0.0190. The van der Waals surface area contributed by atoms with E-state index in [1.165, 1.54) is 19.2 Å². The predicted molar refractivity (Wildman–Crippen MR) is 56.4 cm³/mol. The maximum atomic E-state index is 12.0. The van der Waals surface area contributed by atoms with Crippen LogP contribution in [-0.4, -0.2) is 31.5 Å². The summed E-state index contributed by atoms with van der Waals surface area (Å²) in [6.07, 6.45) is 0. The molecule has 0 heterocycles. The van der Waals surface area contributed by atoms with Crippen molar-refractivity contribution in [1.29, 1.82) is 0 Å². The van der Waals surface area contributed by atoms with Crippen LogP contribution in [0.15, 0.2) is 12.1 Å². The predicted octanol–water partition coefficient (Wildman–Crippen LogP) is 2.40. The van der Waals surface area contributed by atoms with E-state index in [4.69, 9.17) is 26.2 Å². The van der Waals surface area contributed by atoms with Gasteiger partial charge in [-0.3, -0.25) is 0 Å². The molecule has 0 aromatic heterocycles. The standard InChI is InChI=1S/C10H10ClFO4/c1-15-8-5-6(10(13)14)4-7(11)9(8)16-3-2-12/h4-5H,2-3H2,1H3,(H,13,14). The van der Waals surface area contributed by atoms with Gasteiger partial charge in [-0.1, -0.05) is 11.6 Å². The first-order valence-corrected chi connectivity index (χ1v) is 4.77. The van der Waals surface area contributed by atoms with E-state index in [2.05, 4.69) is 0 Å². The molecule has 0 unspecified atom stereocenters. The third-order valence-corrected chi connectivity index (χ3v) is 2.08. The highest BCUT2D eigenvalue weighted by Gasteiger charge is 2.15. The largest absolute Gasteiger partial charge is 0.493 e. The van der Waals surface area contributed by atoms with Gasteiger partial charge in [-0.15, -0.1) is 0 Å². The molecule has 88 valence electrons. The molecule has 0 radical (unpaired) electrons. The lowest BCUT2D eigenvalue weighted by Crippen LogP contribution is -2.03. The minimum atomic E-state index is -1.13. The molecule has 0 fully saturated rings. The Balaban J connectivity index is 3.12. The Kier molecular flexibility index (Phi) is 4.37. The number of methoxy groups -OCH3 is 1. The van der Waals surface area contributed by atoms with Crippen LogP contribution >= 0.6 is 11.6 Å². The second kappa shape index (κ2) is 5.55. The van der Waals surface area contributed by atoms with Gasteiger partial charge in [-0.2, -0.15) is 0 Å². The first kappa shape index (κ1) is 12.6. The summed E-state index contributed by atoms with van der Waals surface area (Å²) in [5.41, 5.74) is -0.0190. The fraction of sp³-hybridized carbons (Fsp3) is 0.300. The van der Waals surface area contributed by atoms with Gasteiger partial charge in [0.25, 0.3) is 0 Å². The highest BCUT2D eigenvalue weighted by molar-refractivity contribution is 6.32. The summed E-state index contributed by atoms with van der Waals surface area (Å²) in [4.78, 5) is 10.7. The van der Waals surface area contributed by atoms with Crippen molar-refractivity contribution in [2.24, 2.45) is 0 Å². The number of alkyl halides is 1. The third kappa shape index (κ3) is 2.76. The van der Waals surface area contributed by atoms with Gasteiger partial charge >= 0.3 is 5.97 Å². The molecule has 0 bridgehead atoms. The SMILES string of the molecule is COc1cc(C(=O)O)cc(Cl)c1OCCF. The second-order valence-corrected chi connectivity index (χ2v) is 3.24. The van der Waals surface area contributed by atoms with Gasteiger partial charge in [-0.25, -0.2) is 9.18 Å². The van der Waals surface area contributed by atoms with Gasteiger partial charge in [0.15, 0.2) is 11.5 Å². The van der Waals surface area contributed by atoms with Crippen LogP contribution in [0.3, 0.4) is 0 Å². The fourth-order valence-corrected chi connectivity index (χ4v) is 1.39. The summed E-state index contributed by atoms with van der Waals surface area (Å²) in [7, 11) is 1.35. The average molecular weight is 249 g/mol. The molecule has 1 aromatic carbocycles. The van der Waals surface area contributed by atoms with Crippen molar-refractivity contribution < 1.29 is 23.8 Å². The van der Waals surface area contributed by atoms with E-state index >= 15 is 0 Å². The van der Waals surface area contributed by atoms with Crippen molar-refractivity contribution in [2.45, 2.75) is 0 Å². The molecule has 0 aliphatic carbocycles. The minimum Gasteiger partial charge on any atom is -0.493 e. The third-order valence-electron chi connectivity index (χ3n) is 1.80. The Morgan fingerprint density at radius 1 is 1.56 bits per heavy atom. The monoisotopic (exact) mass is 248 g/mol. The summed E-state index contributed by atoms with van der Waals surface area (Å²) in [5.74, 6) is -0.817. The zero-order valence-corrected chi connectivity index (χ0v) is 9.25. The highest BCUT2D eigenvalue weighted by atomic mass is 35.5. The van der Waals surface area contributed by atoms with Gasteiger partial charge in [-0.05, 0) is 12.1 Å². The lowest BCUT2D eigenvalue weighted by atomic mass is 10.2.